The molecule has 2 amide bonds. The molecule has 0 aliphatic rings. The predicted octanol–water partition coefficient (Wildman–Crippen LogP) is 1.52. The van der Waals surface area contributed by atoms with E-state index in [9.17, 15) is 19.2 Å². The van der Waals surface area contributed by atoms with Crippen LogP contribution in [0.5, 0.6) is 0 Å². The second kappa shape index (κ2) is 25.5. The molecule has 0 heterocycles. The van der Waals surface area contributed by atoms with Crippen molar-refractivity contribution in [3.8, 4) is 0 Å². The minimum absolute atomic E-state index is 0.178. The van der Waals surface area contributed by atoms with Gasteiger partial charge in [0.05, 0.1) is 38.6 Å². The van der Waals surface area contributed by atoms with Crippen molar-refractivity contribution >= 4 is 24.4 Å². The van der Waals surface area contributed by atoms with E-state index in [1.165, 1.54) is 11.0 Å². The van der Waals surface area contributed by atoms with Crippen LogP contribution in [0.4, 0.5) is 0 Å². The van der Waals surface area contributed by atoms with Gasteiger partial charge < -0.3 is 39.7 Å². The number of methoxy groups -OCH3 is 1. The lowest BCUT2D eigenvalue weighted by Gasteiger charge is -2.30. The van der Waals surface area contributed by atoms with Gasteiger partial charge in [0, 0.05) is 46.3 Å². The number of hydrogen-bond donors (Lipinski definition) is 2. The SMILES string of the molecule is CC.CN(CCCC=O)C(=O)/C=C\C=O.COC(C)(C)COC(C)(C)C(=O)NCCOCCOCCN. The Balaban J connectivity index is -0.000000656. The van der Waals surface area contributed by atoms with Crippen molar-refractivity contribution in [2.45, 2.75) is 65.6 Å². The maximum Gasteiger partial charge on any atom is 0.251 e. The van der Waals surface area contributed by atoms with E-state index >= 15 is 0 Å². The van der Waals surface area contributed by atoms with Gasteiger partial charge >= 0.3 is 0 Å². The first-order valence-corrected chi connectivity index (χ1v) is 12.6. The van der Waals surface area contributed by atoms with Gasteiger partial charge in [-0.05, 0) is 40.2 Å². The van der Waals surface area contributed by atoms with E-state index < -0.39 is 11.2 Å². The third-order valence-corrected chi connectivity index (χ3v) is 4.56. The fraction of sp³-hybridized carbons (Fsp3) is 0.769. The lowest BCUT2D eigenvalue weighted by molar-refractivity contribution is -0.152. The minimum atomic E-state index is -0.917. The second-order valence-corrected chi connectivity index (χ2v) is 8.60. The van der Waals surface area contributed by atoms with E-state index in [1.54, 1.807) is 28.0 Å². The van der Waals surface area contributed by atoms with E-state index in [0.29, 0.717) is 71.8 Å². The molecule has 0 spiro atoms. The summed E-state index contributed by atoms with van der Waals surface area (Å²) in [6.07, 6.45) is 4.83. The van der Waals surface area contributed by atoms with E-state index in [2.05, 4.69) is 5.32 Å². The Kier molecular flexibility index (Phi) is 27.1. The lowest BCUT2D eigenvalue weighted by atomic mass is 10.1. The van der Waals surface area contributed by atoms with E-state index in [4.69, 9.17) is 24.7 Å². The molecule has 0 saturated heterocycles. The zero-order chi connectivity index (χ0) is 29.2. The van der Waals surface area contributed by atoms with E-state index in [1.807, 2.05) is 27.7 Å². The van der Waals surface area contributed by atoms with Crippen molar-refractivity contribution < 1.29 is 38.1 Å². The summed E-state index contributed by atoms with van der Waals surface area (Å²) in [5, 5.41) is 2.79. The van der Waals surface area contributed by atoms with Gasteiger partial charge in [-0.25, -0.2) is 0 Å². The number of nitrogens with two attached hydrogens (primary N) is 1. The Morgan fingerprint density at radius 1 is 1.00 bits per heavy atom. The lowest BCUT2D eigenvalue weighted by Crippen LogP contribution is -2.47. The average molecular weight is 534 g/mol. The topological polar surface area (TPSA) is 146 Å². The molecule has 3 N–H and O–H groups in total. The Hall–Kier alpha value is -2.18. The number of unbranched alkanes of at least 4 members (excludes halogenated alkanes) is 1. The highest BCUT2D eigenvalue weighted by Gasteiger charge is 2.31. The number of hydrogen-bond acceptors (Lipinski definition) is 9. The third-order valence-electron chi connectivity index (χ3n) is 4.56. The standard InChI is InChI=1S/C15H32N2O5.C9H13NO3.C2H6/c1-14(2,19-5)12-22-15(3,4)13(18)17-7-9-21-11-10-20-8-6-16;1-10(6-2-3-7-11)9(13)5-4-8-12;1-2/h6-12,16H2,1-5H3,(H,17,18);4-5,7-8H,2-3,6H2,1H3;1-2H3/b;5-4-;. The van der Waals surface area contributed by atoms with Gasteiger partial charge in [-0.3, -0.25) is 14.4 Å². The Morgan fingerprint density at radius 2 is 1.59 bits per heavy atom. The molecule has 0 saturated carbocycles. The van der Waals surface area contributed by atoms with Crippen LogP contribution in [0.3, 0.4) is 0 Å². The molecule has 0 radical (unpaired) electrons. The highest BCUT2D eigenvalue weighted by molar-refractivity contribution is 5.90. The van der Waals surface area contributed by atoms with Crippen LogP contribution in [-0.4, -0.2) is 107 Å². The van der Waals surface area contributed by atoms with Gasteiger partial charge in [0.25, 0.3) is 5.91 Å². The maximum atomic E-state index is 12.1. The van der Waals surface area contributed by atoms with Crippen molar-refractivity contribution in [3.63, 3.8) is 0 Å². The largest absolute Gasteiger partial charge is 0.378 e. The molecule has 0 aliphatic heterocycles. The summed E-state index contributed by atoms with van der Waals surface area (Å²) in [5.74, 6) is -0.402. The molecule has 11 heteroatoms. The minimum Gasteiger partial charge on any atom is -0.378 e. The zero-order valence-corrected chi connectivity index (χ0v) is 24.2. The smallest absolute Gasteiger partial charge is 0.251 e. The first-order chi connectivity index (χ1) is 17.5. The molecule has 0 aliphatic carbocycles. The number of likely N-dealkylation sites (N-methyl/N-ethyl adjacent to an activating group) is 1. The molecule has 0 aromatic heterocycles. The fourth-order valence-electron chi connectivity index (χ4n) is 2.10. The van der Waals surface area contributed by atoms with Gasteiger partial charge in [0.2, 0.25) is 5.91 Å². The zero-order valence-electron chi connectivity index (χ0n) is 24.2. The second-order valence-electron chi connectivity index (χ2n) is 8.60. The van der Waals surface area contributed by atoms with Gasteiger partial charge in [0.15, 0.2) is 0 Å². The molecule has 0 fully saturated rings. The molecular weight excluding hydrogens is 482 g/mol. The van der Waals surface area contributed by atoms with Crippen LogP contribution < -0.4 is 11.1 Å². The molecule has 0 atom stereocenters. The van der Waals surface area contributed by atoms with Crippen LogP contribution in [0, 0.1) is 0 Å². The Labute approximate surface area is 223 Å². The molecule has 0 aromatic carbocycles. The van der Waals surface area contributed by atoms with Crippen molar-refractivity contribution in [2.75, 3.05) is 66.8 Å². The number of aldehydes is 2. The van der Waals surface area contributed by atoms with E-state index in [0.717, 1.165) is 12.4 Å². The molecule has 218 valence electrons. The van der Waals surface area contributed by atoms with Gasteiger partial charge in [0.1, 0.15) is 18.2 Å². The number of rotatable bonds is 19. The fourth-order valence-corrected chi connectivity index (χ4v) is 2.10. The number of ether oxygens (including phenoxy) is 4. The van der Waals surface area contributed by atoms with Gasteiger partial charge in [-0.1, -0.05) is 13.8 Å². The van der Waals surface area contributed by atoms with Crippen LogP contribution in [0.2, 0.25) is 0 Å². The normalized spacial score (nSPS) is 11.1. The number of amides is 2. The number of allylic oxidation sites excluding steroid dienone is 1. The number of carbonyl (C=O) groups excluding carboxylic acids is 4. The van der Waals surface area contributed by atoms with Crippen molar-refractivity contribution in [1.82, 2.24) is 10.2 Å². The summed E-state index contributed by atoms with van der Waals surface area (Å²) in [7, 11) is 3.24. The highest BCUT2D eigenvalue weighted by Crippen LogP contribution is 2.15. The number of carbonyl (C=O) groups is 4. The molecule has 37 heavy (non-hydrogen) atoms. The van der Waals surface area contributed by atoms with Crippen LogP contribution in [0.1, 0.15) is 54.4 Å². The number of nitrogens with zero attached hydrogens (tertiary/aromatic N) is 1. The Morgan fingerprint density at radius 3 is 2.11 bits per heavy atom. The average Bonchev–Trinajstić information content (AvgIpc) is 2.89. The van der Waals surface area contributed by atoms with Gasteiger partial charge in [-0.2, -0.15) is 0 Å². The summed E-state index contributed by atoms with van der Waals surface area (Å²) >= 11 is 0. The summed E-state index contributed by atoms with van der Waals surface area (Å²) in [6, 6.07) is 0. The first kappa shape index (κ1) is 39.3. The molecule has 0 aromatic rings. The summed E-state index contributed by atoms with van der Waals surface area (Å²) in [5.41, 5.74) is 3.95. The van der Waals surface area contributed by atoms with Crippen LogP contribution >= 0.6 is 0 Å². The molecule has 0 unspecified atom stereocenters. The van der Waals surface area contributed by atoms with E-state index in [-0.39, 0.29) is 11.8 Å². The molecule has 0 bridgehead atoms. The number of nitrogens with one attached hydrogen (secondary N) is 1. The summed E-state index contributed by atoms with van der Waals surface area (Å²) in [4.78, 5) is 44.5. The van der Waals surface area contributed by atoms with Gasteiger partial charge in [-0.15, -0.1) is 0 Å². The monoisotopic (exact) mass is 533 g/mol. The molecule has 0 rings (SSSR count). The van der Waals surface area contributed by atoms with Crippen LogP contribution in [-0.2, 0) is 38.1 Å². The molecule has 11 nitrogen and oxygen atoms in total. The quantitative estimate of drug-likeness (QED) is 0.143. The summed E-state index contributed by atoms with van der Waals surface area (Å²) < 4.78 is 21.4. The van der Waals surface area contributed by atoms with Crippen LogP contribution in [0.15, 0.2) is 12.2 Å². The summed E-state index contributed by atoms with van der Waals surface area (Å²) in [6.45, 7) is 15.0. The van der Waals surface area contributed by atoms with Crippen LogP contribution in [0.25, 0.3) is 0 Å². The third kappa shape index (κ3) is 25.3. The van der Waals surface area contributed by atoms with Crippen molar-refractivity contribution in [2.24, 2.45) is 5.73 Å². The van der Waals surface area contributed by atoms with Crippen molar-refractivity contribution in [1.29, 1.82) is 0 Å². The predicted molar refractivity (Wildman–Crippen MR) is 144 cm³/mol. The molecular formula is C26H51N3O8. The Bertz CT molecular complexity index is 625. The first-order valence-electron chi connectivity index (χ1n) is 12.6. The van der Waals surface area contributed by atoms with Crippen molar-refractivity contribution in [3.05, 3.63) is 12.2 Å². The highest BCUT2D eigenvalue weighted by atomic mass is 16.5. The maximum absolute atomic E-state index is 12.1.